The molecule has 1 fully saturated rings. The van der Waals surface area contributed by atoms with Crippen LogP contribution in [0.2, 0.25) is 5.15 Å². The van der Waals surface area contributed by atoms with Crippen molar-refractivity contribution < 1.29 is 26.8 Å². The summed E-state index contributed by atoms with van der Waals surface area (Å²) in [4.78, 5) is 18.8. The molecule has 1 N–H and O–H groups in total. The molecule has 0 aliphatic carbocycles. The van der Waals surface area contributed by atoms with Crippen molar-refractivity contribution in [1.29, 1.82) is 0 Å². The van der Waals surface area contributed by atoms with Crippen molar-refractivity contribution in [2.75, 3.05) is 39.3 Å². The van der Waals surface area contributed by atoms with Gasteiger partial charge in [0.25, 0.3) is 0 Å². The molecule has 1 saturated heterocycles. The van der Waals surface area contributed by atoms with Crippen LogP contribution in [0.3, 0.4) is 0 Å². The second kappa shape index (κ2) is 9.07. The van der Waals surface area contributed by atoms with Crippen molar-refractivity contribution in [1.82, 2.24) is 9.88 Å². The Hall–Kier alpha value is -1.04. The van der Waals surface area contributed by atoms with E-state index >= 15 is 0 Å². The van der Waals surface area contributed by atoms with E-state index in [1.165, 1.54) is 4.90 Å². The standard InChI is InChI=1S/C14H20ClN3O2.ClH/c1-12(19)18-9-7-17(8-10-18)6-3-11-20-14-5-2-4-13(15)16-14;/h2,4-5H,3,6-11H2,1H3;1H. The average Bonchev–Trinajstić information content (AvgIpc) is 2.44. The Bertz CT molecular complexity index is 452. The number of amides is 1. The fourth-order valence-electron chi connectivity index (χ4n) is 2.36. The van der Waals surface area contributed by atoms with E-state index < -0.39 is 0 Å². The predicted molar refractivity (Wildman–Crippen MR) is 77.2 cm³/mol. The normalized spacial score (nSPS) is 15.4. The number of piperazine rings is 1. The molecule has 5 nitrogen and oxygen atoms in total. The van der Waals surface area contributed by atoms with Crippen LogP contribution >= 0.6 is 11.6 Å². The zero-order chi connectivity index (χ0) is 14.4. The minimum absolute atomic E-state index is 0. The van der Waals surface area contributed by atoms with E-state index in [4.69, 9.17) is 16.3 Å². The van der Waals surface area contributed by atoms with Crippen LogP contribution in [-0.2, 0) is 4.79 Å². The summed E-state index contributed by atoms with van der Waals surface area (Å²) >= 11 is 5.79. The lowest BCUT2D eigenvalue weighted by atomic mass is 10.3. The molecule has 1 aliphatic heterocycles. The lowest BCUT2D eigenvalue weighted by Crippen LogP contribution is -3.14. The SMILES string of the molecule is CC(=O)N1CC[NH+](CCCOc2cccc(Cl)n2)CC1.[Cl-]. The van der Waals surface area contributed by atoms with Gasteiger partial charge >= 0.3 is 0 Å². The zero-order valence-corrected chi connectivity index (χ0v) is 13.7. The van der Waals surface area contributed by atoms with Crippen molar-refractivity contribution in [2.24, 2.45) is 0 Å². The molecule has 2 rings (SSSR count). The number of hydrogen-bond acceptors (Lipinski definition) is 3. The van der Waals surface area contributed by atoms with Gasteiger partial charge in [-0.15, -0.1) is 0 Å². The molecule has 0 spiro atoms. The van der Waals surface area contributed by atoms with E-state index in [0.717, 1.165) is 39.1 Å². The summed E-state index contributed by atoms with van der Waals surface area (Å²) in [6, 6.07) is 5.37. The third kappa shape index (κ3) is 6.08. The number of quaternary nitrogens is 1. The molecule has 0 bridgehead atoms. The first-order valence-electron chi connectivity index (χ1n) is 6.99. The minimum atomic E-state index is 0. The molecule has 1 aliphatic rings. The Balaban J connectivity index is 0.00000220. The molecular weight excluding hydrogens is 313 g/mol. The Morgan fingerprint density at radius 1 is 1.43 bits per heavy atom. The summed E-state index contributed by atoms with van der Waals surface area (Å²) < 4.78 is 5.56. The van der Waals surface area contributed by atoms with Crippen molar-refractivity contribution in [3.8, 4) is 5.88 Å². The highest BCUT2D eigenvalue weighted by Gasteiger charge is 2.20. The molecule has 118 valence electrons. The monoisotopic (exact) mass is 333 g/mol. The molecule has 1 aromatic heterocycles. The number of carbonyl (C=O) groups is 1. The molecule has 7 heteroatoms. The molecule has 0 aromatic carbocycles. The van der Waals surface area contributed by atoms with Crippen LogP contribution in [-0.4, -0.2) is 55.1 Å². The molecule has 2 heterocycles. The molecule has 0 unspecified atom stereocenters. The molecule has 21 heavy (non-hydrogen) atoms. The average molecular weight is 334 g/mol. The zero-order valence-electron chi connectivity index (χ0n) is 12.1. The maximum Gasteiger partial charge on any atom is 0.219 e. The highest BCUT2D eigenvalue weighted by Crippen LogP contribution is 2.11. The summed E-state index contributed by atoms with van der Waals surface area (Å²) in [7, 11) is 0. The quantitative estimate of drug-likeness (QED) is 0.469. The van der Waals surface area contributed by atoms with Crippen LogP contribution in [0, 0.1) is 0 Å². The summed E-state index contributed by atoms with van der Waals surface area (Å²) in [5, 5.41) is 0.452. The van der Waals surface area contributed by atoms with Crippen molar-refractivity contribution in [3.05, 3.63) is 23.4 Å². The number of nitrogens with one attached hydrogen (secondary N) is 1. The highest BCUT2D eigenvalue weighted by molar-refractivity contribution is 6.29. The first-order valence-corrected chi connectivity index (χ1v) is 7.37. The number of carbonyl (C=O) groups excluding carboxylic acids is 1. The van der Waals surface area contributed by atoms with Gasteiger partial charge in [-0.05, 0) is 6.07 Å². The number of rotatable bonds is 5. The fraction of sp³-hybridized carbons (Fsp3) is 0.571. The van der Waals surface area contributed by atoms with Crippen LogP contribution < -0.4 is 22.0 Å². The molecule has 1 aromatic rings. The maximum atomic E-state index is 11.2. The Morgan fingerprint density at radius 3 is 2.76 bits per heavy atom. The third-order valence-corrected chi connectivity index (χ3v) is 3.74. The summed E-state index contributed by atoms with van der Waals surface area (Å²) in [6.45, 7) is 7.11. The van der Waals surface area contributed by atoms with Crippen LogP contribution in [0.5, 0.6) is 5.88 Å². The van der Waals surface area contributed by atoms with Gasteiger partial charge in [0, 0.05) is 19.4 Å². The van der Waals surface area contributed by atoms with Crippen LogP contribution in [0.25, 0.3) is 0 Å². The lowest BCUT2D eigenvalue weighted by molar-refractivity contribution is -0.904. The van der Waals surface area contributed by atoms with E-state index in [1.807, 2.05) is 17.0 Å². The van der Waals surface area contributed by atoms with Crippen molar-refractivity contribution >= 4 is 17.5 Å². The van der Waals surface area contributed by atoms with Gasteiger partial charge in [-0.3, -0.25) is 4.79 Å². The van der Waals surface area contributed by atoms with Gasteiger partial charge < -0.3 is 26.9 Å². The first kappa shape index (κ1) is 18.0. The number of pyridine rings is 1. The van der Waals surface area contributed by atoms with Crippen molar-refractivity contribution in [3.63, 3.8) is 0 Å². The van der Waals surface area contributed by atoms with E-state index in [0.29, 0.717) is 17.6 Å². The van der Waals surface area contributed by atoms with Gasteiger partial charge in [-0.2, -0.15) is 0 Å². The number of nitrogens with zero attached hydrogens (tertiary/aromatic N) is 2. The minimum Gasteiger partial charge on any atom is -1.00 e. The molecule has 0 atom stereocenters. The predicted octanol–water partition coefficient (Wildman–Crippen LogP) is -2.75. The maximum absolute atomic E-state index is 11.2. The highest BCUT2D eigenvalue weighted by atomic mass is 35.5. The van der Waals surface area contributed by atoms with E-state index in [1.54, 1.807) is 13.0 Å². The van der Waals surface area contributed by atoms with E-state index in [2.05, 4.69) is 4.98 Å². The molecule has 1 amide bonds. The van der Waals surface area contributed by atoms with Gasteiger partial charge in [-0.25, -0.2) is 4.98 Å². The van der Waals surface area contributed by atoms with E-state index in [9.17, 15) is 4.79 Å². The lowest BCUT2D eigenvalue weighted by Gasteiger charge is -2.31. The summed E-state index contributed by atoms with van der Waals surface area (Å²) in [5.74, 6) is 0.758. The first-order chi connectivity index (χ1) is 9.65. The van der Waals surface area contributed by atoms with Gasteiger partial charge in [0.1, 0.15) is 5.15 Å². The molecule has 0 saturated carbocycles. The van der Waals surface area contributed by atoms with Gasteiger partial charge in [0.15, 0.2) is 0 Å². The van der Waals surface area contributed by atoms with Gasteiger partial charge in [0.05, 0.1) is 39.3 Å². The number of aromatic nitrogens is 1. The fourth-order valence-corrected chi connectivity index (χ4v) is 2.51. The summed E-state index contributed by atoms with van der Waals surface area (Å²) in [5.41, 5.74) is 0. The molecule has 0 radical (unpaired) electrons. The topological polar surface area (TPSA) is 46.9 Å². The van der Waals surface area contributed by atoms with Gasteiger partial charge in [-0.1, -0.05) is 17.7 Å². The Kier molecular flexibility index (Phi) is 7.78. The van der Waals surface area contributed by atoms with Crippen LogP contribution in [0.15, 0.2) is 18.2 Å². The third-order valence-electron chi connectivity index (χ3n) is 3.53. The van der Waals surface area contributed by atoms with Gasteiger partial charge in [0.2, 0.25) is 11.8 Å². The van der Waals surface area contributed by atoms with Crippen LogP contribution in [0.1, 0.15) is 13.3 Å². The van der Waals surface area contributed by atoms with Crippen LogP contribution in [0.4, 0.5) is 0 Å². The second-order valence-electron chi connectivity index (χ2n) is 5.01. The Labute approximate surface area is 136 Å². The smallest absolute Gasteiger partial charge is 0.219 e. The Morgan fingerprint density at radius 2 is 2.14 bits per heavy atom. The van der Waals surface area contributed by atoms with E-state index in [-0.39, 0.29) is 18.3 Å². The number of halogens is 2. The number of hydrogen-bond donors (Lipinski definition) is 1. The van der Waals surface area contributed by atoms with Crippen molar-refractivity contribution in [2.45, 2.75) is 13.3 Å². The molecular formula is C14H21Cl2N3O2. The summed E-state index contributed by atoms with van der Waals surface area (Å²) in [6.07, 6.45) is 0.976. The second-order valence-corrected chi connectivity index (χ2v) is 5.39. The largest absolute Gasteiger partial charge is 1.00 e. The number of ether oxygens (including phenoxy) is 1.